The van der Waals surface area contributed by atoms with Gasteiger partial charge in [0.15, 0.2) is 22.5 Å². The highest BCUT2D eigenvalue weighted by Gasteiger charge is 2.44. The standard InChI is InChI=1S/C11H14N4O6S/c1-20-22-11-13-8-5(9(19)14-11)12-3-15(8)10-7(18)6(17)4(2-16)21-10/h3-4,6-7,10,16-18H,2H2,1H3,(H,13,14,19)/t4-,6-,7-,10-/m1/s1. The molecule has 10 nitrogen and oxygen atoms in total. The predicted molar refractivity (Wildman–Crippen MR) is 74.0 cm³/mol. The molecule has 4 atom stereocenters. The van der Waals surface area contributed by atoms with E-state index in [0.717, 1.165) is 12.0 Å². The van der Waals surface area contributed by atoms with Crippen LogP contribution < -0.4 is 5.56 Å². The Morgan fingerprint density at radius 3 is 2.91 bits per heavy atom. The third-order valence-corrected chi connectivity index (χ3v) is 3.88. The average Bonchev–Trinajstić information content (AvgIpc) is 3.03. The van der Waals surface area contributed by atoms with Crippen LogP contribution in [0.5, 0.6) is 0 Å². The predicted octanol–water partition coefficient (Wildman–Crippen LogP) is -1.62. The Morgan fingerprint density at radius 2 is 2.27 bits per heavy atom. The van der Waals surface area contributed by atoms with Crippen molar-refractivity contribution in [3.05, 3.63) is 16.7 Å². The molecule has 4 N–H and O–H groups in total. The molecule has 0 aromatic carbocycles. The lowest BCUT2D eigenvalue weighted by Crippen LogP contribution is -2.33. The molecule has 0 spiro atoms. The number of fused-ring (bicyclic) bond motifs is 1. The molecule has 0 aliphatic carbocycles. The molecule has 1 saturated heterocycles. The van der Waals surface area contributed by atoms with Crippen LogP contribution >= 0.6 is 12.0 Å². The van der Waals surface area contributed by atoms with E-state index in [1.54, 1.807) is 0 Å². The maximum Gasteiger partial charge on any atom is 0.279 e. The third-order valence-electron chi connectivity index (χ3n) is 3.36. The lowest BCUT2D eigenvalue weighted by molar-refractivity contribution is -0.0511. The SMILES string of the molecule is COSc1nc2c(ncn2[C@@H]2O[C@H](CO)[C@@H](O)[C@H]2O)c(=O)[nH]1. The largest absolute Gasteiger partial charge is 0.394 e. The molecular formula is C11H14N4O6S. The van der Waals surface area contributed by atoms with E-state index in [-0.39, 0.29) is 16.3 Å². The summed E-state index contributed by atoms with van der Waals surface area (Å²) in [5.41, 5.74) is -0.216. The van der Waals surface area contributed by atoms with E-state index in [1.165, 1.54) is 18.0 Å². The number of aromatic nitrogens is 4. The zero-order valence-corrected chi connectivity index (χ0v) is 12.2. The number of aliphatic hydroxyl groups excluding tert-OH is 3. The van der Waals surface area contributed by atoms with Gasteiger partial charge in [-0.15, -0.1) is 0 Å². The highest BCUT2D eigenvalue weighted by atomic mass is 32.2. The number of hydrogen-bond donors (Lipinski definition) is 4. The van der Waals surface area contributed by atoms with Gasteiger partial charge in [-0.3, -0.25) is 14.3 Å². The van der Waals surface area contributed by atoms with Crippen molar-refractivity contribution in [3.63, 3.8) is 0 Å². The van der Waals surface area contributed by atoms with Crippen molar-refractivity contribution in [1.82, 2.24) is 19.5 Å². The zero-order valence-electron chi connectivity index (χ0n) is 11.4. The number of aromatic amines is 1. The van der Waals surface area contributed by atoms with Crippen LogP contribution in [-0.2, 0) is 8.92 Å². The molecule has 0 bridgehead atoms. The van der Waals surface area contributed by atoms with Gasteiger partial charge in [0.2, 0.25) is 0 Å². The minimum atomic E-state index is -1.28. The molecule has 1 fully saturated rings. The molecule has 3 rings (SSSR count). The van der Waals surface area contributed by atoms with Crippen molar-refractivity contribution in [2.75, 3.05) is 13.7 Å². The van der Waals surface area contributed by atoms with E-state index in [4.69, 9.17) is 14.0 Å². The number of rotatable bonds is 4. The van der Waals surface area contributed by atoms with Crippen LogP contribution in [0.3, 0.4) is 0 Å². The van der Waals surface area contributed by atoms with E-state index < -0.39 is 36.7 Å². The maximum atomic E-state index is 11.9. The summed E-state index contributed by atoms with van der Waals surface area (Å²) in [7, 11) is 1.43. The minimum absolute atomic E-state index is 0.0678. The fourth-order valence-corrected chi connectivity index (χ4v) is 2.74. The van der Waals surface area contributed by atoms with Crippen molar-refractivity contribution in [2.24, 2.45) is 0 Å². The molecule has 2 aromatic heterocycles. The van der Waals surface area contributed by atoms with E-state index in [9.17, 15) is 15.0 Å². The van der Waals surface area contributed by atoms with Crippen molar-refractivity contribution < 1.29 is 24.2 Å². The summed E-state index contributed by atoms with van der Waals surface area (Å²) in [6.45, 7) is -0.444. The van der Waals surface area contributed by atoms with Crippen molar-refractivity contribution in [3.8, 4) is 0 Å². The highest BCUT2D eigenvalue weighted by Crippen LogP contribution is 2.31. The lowest BCUT2D eigenvalue weighted by atomic mass is 10.1. The second-order valence-corrected chi connectivity index (χ2v) is 5.56. The van der Waals surface area contributed by atoms with Gasteiger partial charge in [-0.05, 0) is 0 Å². The first-order chi connectivity index (χ1) is 10.6. The molecule has 1 aliphatic rings. The monoisotopic (exact) mass is 330 g/mol. The van der Waals surface area contributed by atoms with Crippen LogP contribution in [0.2, 0.25) is 0 Å². The van der Waals surface area contributed by atoms with Gasteiger partial charge in [0.1, 0.15) is 18.3 Å². The number of nitrogens with one attached hydrogen (secondary N) is 1. The summed E-state index contributed by atoms with van der Waals surface area (Å²) >= 11 is 0.865. The molecule has 120 valence electrons. The van der Waals surface area contributed by atoms with E-state index in [0.29, 0.717) is 0 Å². The molecule has 0 saturated carbocycles. The van der Waals surface area contributed by atoms with Crippen molar-refractivity contribution in [2.45, 2.75) is 29.7 Å². The Hall–Kier alpha value is -1.50. The fraction of sp³-hybridized carbons (Fsp3) is 0.545. The lowest BCUT2D eigenvalue weighted by Gasteiger charge is -2.16. The Balaban J connectivity index is 2.06. The summed E-state index contributed by atoms with van der Waals surface area (Å²) in [4.78, 5) is 22.6. The second kappa shape index (κ2) is 5.95. The fourth-order valence-electron chi connectivity index (χ4n) is 2.32. The number of hydrogen-bond acceptors (Lipinski definition) is 9. The molecule has 2 aromatic rings. The topological polar surface area (TPSA) is 143 Å². The van der Waals surface area contributed by atoms with Crippen LogP contribution in [0, 0.1) is 0 Å². The Kier molecular flexibility index (Phi) is 4.16. The van der Waals surface area contributed by atoms with Gasteiger partial charge in [0.25, 0.3) is 5.56 Å². The molecule has 0 radical (unpaired) electrons. The quantitative estimate of drug-likeness (QED) is 0.384. The van der Waals surface area contributed by atoms with Gasteiger partial charge in [-0.25, -0.2) is 9.97 Å². The Morgan fingerprint density at radius 1 is 1.50 bits per heavy atom. The molecule has 11 heteroatoms. The smallest absolute Gasteiger partial charge is 0.279 e. The summed E-state index contributed by atoms with van der Waals surface area (Å²) < 4.78 is 11.6. The summed E-state index contributed by atoms with van der Waals surface area (Å²) in [5, 5.41) is 29.2. The minimum Gasteiger partial charge on any atom is -0.394 e. The highest BCUT2D eigenvalue weighted by molar-refractivity contribution is 7.94. The van der Waals surface area contributed by atoms with Crippen LogP contribution in [0.15, 0.2) is 16.3 Å². The van der Waals surface area contributed by atoms with E-state index >= 15 is 0 Å². The second-order valence-electron chi connectivity index (χ2n) is 4.67. The molecule has 1 aliphatic heterocycles. The first kappa shape index (κ1) is 15.4. The number of imidazole rings is 1. The zero-order chi connectivity index (χ0) is 15.9. The van der Waals surface area contributed by atoms with Crippen molar-refractivity contribution in [1.29, 1.82) is 0 Å². The van der Waals surface area contributed by atoms with Crippen molar-refractivity contribution >= 4 is 23.2 Å². The molecule has 0 unspecified atom stereocenters. The average molecular weight is 330 g/mol. The van der Waals surface area contributed by atoms with Gasteiger partial charge in [0, 0.05) is 0 Å². The van der Waals surface area contributed by atoms with Gasteiger partial charge in [-0.1, -0.05) is 0 Å². The Labute approximate surface area is 127 Å². The van der Waals surface area contributed by atoms with Crippen LogP contribution in [0.25, 0.3) is 11.2 Å². The number of H-pyrrole nitrogens is 1. The van der Waals surface area contributed by atoms with Crippen LogP contribution in [0.4, 0.5) is 0 Å². The van der Waals surface area contributed by atoms with Gasteiger partial charge >= 0.3 is 0 Å². The normalized spacial score (nSPS) is 28.5. The number of aliphatic hydroxyl groups is 3. The Bertz CT molecular complexity index is 733. The van der Waals surface area contributed by atoms with Crippen LogP contribution in [-0.4, -0.2) is 66.9 Å². The molecule has 0 amide bonds. The van der Waals surface area contributed by atoms with Crippen LogP contribution in [0.1, 0.15) is 6.23 Å². The number of ether oxygens (including phenoxy) is 1. The summed E-state index contributed by atoms with van der Waals surface area (Å²) in [6.07, 6.45) is -3.18. The number of nitrogens with zero attached hydrogens (tertiary/aromatic N) is 3. The molecular weight excluding hydrogens is 316 g/mol. The first-order valence-corrected chi connectivity index (χ1v) is 7.11. The molecule has 22 heavy (non-hydrogen) atoms. The summed E-state index contributed by atoms with van der Waals surface area (Å²) in [6, 6.07) is 0. The molecule has 3 heterocycles. The third kappa shape index (κ3) is 2.41. The maximum absolute atomic E-state index is 11.9. The van der Waals surface area contributed by atoms with Gasteiger partial charge in [-0.2, -0.15) is 0 Å². The van der Waals surface area contributed by atoms with E-state index in [2.05, 4.69) is 15.0 Å². The first-order valence-electron chi connectivity index (χ1n) is 6.36. The van der Waals surface area contributed by atoms with Gasteiger partial charge < -0.3 is 24.2 Å². The summed E-state index contributed by atoms with van der Waals surface area (Å²) in [5.74, 6) is 0. The van der Waals surface area contributed by atoms with E-state index in [1.807, 2.05) is 0 Å². The van der Waals surface area contributed by atoms with Gasteiger partial charge in [0.05, 0.1) is 32.1 Å².